The van der Waals surface area contributed by atoms with Crippen molar-refractivity contribution in [3.63, 3.8) is 0 Å². The fourth-order valence-corrected chi connectivity index (χ4v) is 2.22. The van der Waals surface area contributed by atoms with Gasteiger partial charge in [0.15, 0.2) is 0 Å². The first-order valence-corrected chi connectivity index (χ1v) is 6.50. The molecule has 2 aromatic rings. The van der Waals surface area contributed by atoms with E-state index >= 15 is 0 Å². The zero-order valence-electron chi connectivity index (χ0n) is 10.3. The third-order valence-electron chi connectivity index (χ3n) is 2.39. The molecule has 6 nitrogen and oxygen atoms in total. The van der Waals surface area contributed by atoms with Crippen molar-refractivity contribution in [2.45, 2.75) is 32.5 Å². The van der Waals surface area contributed by atoms with Crippen molar-refractivity contribution >= 4 is 16.5 Å². The van der Waals surface area contributed by atoms with Gasteiger partial charge in [0, 0.05) is 19.7 Å². The van der Waals surface area contributed by atoms with E-state index in [0.29, 0.717) is 12.8 Å². The first kappa shape index (κ1) is 12.9. The van der Waals surface area contributed by atoms with E-state index in [4.69, 9.17) is 0 Å². The molecule has 0 aliphatic heterocycles. The molecule has 8 heteroatoms. The predicted molar refractivity (Wildman–Crippen MR) is 67.4 cm³/mol. The molecule has 0 aromatic carbocycles. The summed E-state index contributed by atoms with van der Waals surface area (Å²) in [5.41, 5.74) is 0.796. The minimum atomic E-state index is -0.951. The predicted octanol–water partition coefficient (Wildman–Crippen LogP) is 1.45. The van der Waals surface area contributed by atoms with Gasteiger partial charge in [-0.05, 0) is 13.3 Å². The van der Waals surface area contributed by atoms with Crippen molar-refractivity contribution in [2.24, 2.45) is 0 Å². The molecule has 2 heterocycles. The maximum atomic E-state index is 13.7. The summed E-state index contributed by atoms with van der Waals surface area (Å²) in [7, 11) is 1.79. The van der Waals surface area contributed by atoms with Crippen LogP contribution in [0.5, 0.6) is 0 Å². The zero-order chi connectivity index (χ0) is 13.0. The van der Waals surface area contributed by atoms with Crippen LogP contribution in [0.2, 0.25) is 0 Å². The molecule has 0 saturated carbocycles. The van der Waals surface area contributed by atoms with Crippen LogP contribution in [0.25, 0.3) is 0 Å². The summed E-state index contributed by atoms with van der Waals surface area (Å²) in [5.74, 6) is 0. The Morgan fingerprint density at radius 3 is 2.89 bits per heavy atom. The number of alkyl halides is 1. The summed E-state index contributed by atoms with van der Waals surface area (Å²) >= 11 is 1.45. The van der Waals surface area contributed by atoms with Crippen LogP contribution < -0.4 is 5.32 Å². The second-order valence-corrected chi connectivity index (χ2v) is 5.03. The van der Waals surface area contributed by atoms with Crippen molar-refractivity contribution in [1.29, 1.82) is 0 Å². The Labute approximate surface area is 108 Å². The van der Waals surface area contributed by atoms with E-state index in [1.165, 1.54) is 16.0 Å². The second kappa shape index (κ2) is 5.85. The van der Waals surface area contributed by atoms with Gasteiger partial charge < -0.3 is 5.32 Å². The van der Waals surface area contributed by atoms with Crippen LogP contribution in [0.4, 0.5) is 9.52 Å². The molecule has 0 radical (unpaired) electrons. The molecule has 2 aromatic heterocycles. The summed E-state index contributed by atoms with van der Waals surface area (Å²) in [6.07, 6.45) is 1.79. The fourth-order valence-electron chi connectivity index (χ4n) is 1.51. The SMILES string of the molecule is CNc1nnc(CCC(F)Cn2cc(C)nn2)s1. The van der Waals surface area contributed by atoms with Crippen molar-refractivity contribution < 1.29 is 4.39 Å². The average molecular weight is 270 g/mol. The summed E-state index contributed by atoms with van der Waals surface area (Å²) in [5, 5.41) is 20.0. The lowest BCUT2D eigenvalue weighted by molar-refractivity contribution is 0.267. The molecule has 2 rings (SSSR count). The highest BCUT2D eigenvalue weighted by molar-refractivity contribution is 7.15. The normalized spacial score (nSPS) is 12.6. The molecule has 0 saturated heterocycles. The van der Waals surface area contributed by atoms with Crippen LogP contribution in [0.3, 0.4) is 0 Å². The van der Waals surface area contributed by atoms with Gasteiger partial charge >= 0.3 is 0 Å². The topological polar surface area (TPSA) is 68.5 Å². The molecule has 18 heavy (non-hydrogen) atoms. The smallest absolute Gasteiger partial charge is 0.205 e. The number of hydrogen-bond donors (Lipinski definition) is 1. The van der Waals surface area contributed by atoms with Gasteiger partial charge in [-0.25, -0.2) is 9.07 Å². The van der Waals surface area contributed by atoms with Crippen LogP contribution in [-0.4, -0.2) is 38.4 Å². The van der Waals surface area contributed by atoms with E-state index < -0.39 is 6.17 Å². The molecule has 1 unspecified atom stereocenters. The molecule has 0 aliphatic rings. The summed E-state index contributed by atoms with van der Waals surface area (Å²) in [6, 6.07) is 0. The Balaban J connectivity index is 1.79. The summed E-state index contributed by atoms with van der Waals surface area (Å²) in [6.45, 7) is 2.07. The van der Waals surface area contributed by atoms with Crippen LogP contribution in [0, 0.1) is 6.92 Å². The summed E-state index contributed by atoms with van der Waals surface area (Å²) < 4.78 is 15.3. The van der Waals surface area contributed by atoms with Gasteiger partial charge in [0.25, 0.3) is 0 Å². The van der Waals surface area contributed by atoms with E-state index in [9.17, 15) is 4.39 Å². The van der Waals surface area contributed by atoms with Gasteiger partial charge in [0.05, 0.1) is 12.2 Å². The van der Waals surface area contributed by atoms with Crippen LogP contribution in [0.1, 0.15) is 17.1 Å². The fraction of sp³-hybridized carbons (Fsp3) is 0.600. The number of nitrogens with one attached hydrogen (secondary N) is 1. The lowest BCUT2D eigenvalue weighted by Gasteiger charge is -2.05. The number of halogens is 1. The number of rotatable bonds is 6. The minimum absolute atomic E-state index is 0.235. The largest absolute Gasteiger partial charge is 0.363 e. The minimum Gasteiger partial charge on any atom is -0.363 e. The van der Waals surface area contributed by atoms with Gasteiger partial charge in [-0.15, -0.1) is 15.3 Å². The third kappa shape index (κ3) is 3.46. The molecular weight excluding hydrogens is 255 g/mol. The molecule has 98 valence electrons. The summed E-state index contributed by atoms with van der Waals surface area (Å²) in [4.78, 5) is 0. The Hall–Kier alpha value is -1.57. The van der Waals surface area contributed by atoms with Gasteiger partial charge in [-0.1, -0.05) is 16.6 Å². The molecule has 0 spiro atoms. The molecule has 0 amide bonds. The second-order valence-electron chi connectivity index (χ2n) is 3.97. The van der Waals surface area contributed by atoms with Crippen LogP contribution in [0.15, 0.2) is 6.20 Å². The Morgan fingerprint density at radius 1 is 1.44 bits per heavy atom. The van der Waals surface area contributed by atoms with E-state index in [-0.39, 0.29) is 6.54 Å². The highest BCUT2D eigenvalue weighted by atomic mass is 32.1. The average Bonchev–Trinajstić information content (AvgIpc) is 2.95. The number of aryl methyl sites for hydroxylation is 2. The Morgan fingerprint density at radius 2 is 2.28 bits per heavy atom. The van der Waals surface area contributed by atoms with Crippen LogP contribution >= 0.6 is 11.3 Å². The van der Waals surface area contributed by atoms with Gasteiger partial charge in [-0.3, -0.25) is 0 Å². The molecule has 1 atom stereocenters. The van der Waals surface area contributed by atoms with E-state index in [2.05, 4.69) is 25.8 Å². The lowest BCUT2D eigenvalue weighted by Crippen LogP contribution is -2.13. The molecular formula is C10H15FN6S. The quantitative estimate of drug-likeness (QED) is 0.860. The number of aromatic nitrogens is 5. The van der Waals surface area contributed by atoms with E-state index in [1.54, 1.807) is 13.2 Å². The number of hydrogen-bond acceptors (Lipinski definition) is 6. The van der Waals surface area contributed by atoms with Gasteiger partial charge in [0.2, 0.25) is 5.13 Å². The first-order valence-electron chi connectivity index (χ1n) is 5.68. The van der Waals surface area contributed by atoms with E-state index in [0.717, 1.165) is 15.8 Å². The molecule has 0 fully saturated rings. The first-order chi connectivity index (χ1) is 8.67. The Bertz CT molecular complexity index is 496. The van der Waals surface area contributed by atoms with E-state index in [1.807, 2.05) is 6.92 Å². The molecule has 0 aliphatic carbocycles. The number of nitrogens with zero attached hydrogens (tertiary/aromatic N) is 5. The van der Waals surface area contributed by atoms with Crippen LogP contribution in [-0.2, 0) is 13.0 Å². The standard InChI is InChI=1S/C10H15FN6S/c1-7-5-17(16-13-7)6-8(11)3-4-9-14-15-10(12-2)18-9/h5,8H,3-4,6H2,1-2H3,(H,12,15). The highest BCUT2D eigenvalue weighted by Crippen LogP contribution is 2.17. The lowest BCUT2D eigenvalue weighted by atomic mass is 10.2. The van der Waals surface area contributed by atoms with Crippen molar-refractivity contribution in [3.8, 4) is 0 Å². The maximum absolute atomic E-state index is 13.7. The molecule has 1 N–H and O–H groups in total. The third-order valence-corrected chi connectivity index (χ3v) is 3.39. The van der Waals surface area contributed by atoms with Crippen molar-refractivity contribution in [1.82, 2.24) is 25.2 Å². The maximum Gasteiger partial charge on any atom is 0.205 e. The Kier molecular flexibility index (Phi) is 4.19. The number of anilines is 1. The van der Waals surface area contributed by atoms with Gasteiger partial charge in [0.1, 0.15) is 11.2 Å². The van der Waals surface area contributed by atoms with Crippen molar-refractivity contribution in [2.75, 3.05) is 12.4 Å². The molecule has 0 bridgehead atoms. The highest BCUT2D eigenvalue weighted by Gasteiger charge is 2.11. The van der Waals surface area contributed by atoms with Gasteiger partial charge in [-0.2, -0.15) is 0 Å². The zero-order valence-corrected chi connectivity index (χ0v) is 11.1. The monoisotopic (exact) mass is 270 g/mol. The van der Waals surface area contributed by atoms with Crippen molar-refractivity contribution in [3.05, 3.63) is 16.9 Å².